The van der Waals surface area contributed by atoms with Crippen LogP contribution in [0, 0.1) is 0 Å². The number of hydrogen-bond acceptors (Lipinski definition) is 4. The van der Waals surface area contributed by atoms with E-state index in [1.165, 1.54) is 13.8 Å². The Morgan fingerprint density at radius 2 is 1.63 bits per heavy atom. The fourth-order valence-corrected chi connectivity index (χ4v) is 3.82. The number of amides is 1. The Bertz CT molecular complexity index is 1050. The van der Waals surface area contributed by atoms with Gasteiger partial charge in [-0.2, -0.15) is 26.3 Å². The van der Waals surface area contributed by atoms with Gasteiger partial charge in [-0.3, -0.25) is 9.78 Å². The van der Waals surface area contributed by atoms with Crippen LogP contribution in [0.15, 0.2) is 47.5 Å². The SMILES string of the molecule is CC(C)(CNC(=O)c1ccnc(C(F)(F)F)c1)S(=O)(=O)c1cccc(C(F)(F)F)c1. The molecule has 1 N–H and O–H groups in total. The van der Waals surface area contributed by atoms with Crippen molar-refractivity contribution in [2.24, 2.45) is 0 Å². The van der Waals surface area contributed by atoms with Crippen molar-refractivity contribution in [1.29, 1.82) is 0 Å². The van der Waals surface area contributed by atoms with Crippen molar-refractivity contribution in [2.45, 2.75) is 35.8 Å². The summed E-state index contributed by atoms with van der Waals surface area (Å²) in [4.78, 5) is 14.7. The highest BCUT2D eigenvalue weighted by molar-refractivity contribution is 7.92. The number of halogens is 6. The van der Waals surface area contributed by atoms with Crippen LogP contribution in [-0.2, 0) is 22.2 Å². The van der Waals surface area contributed by atoms with E-state index in [1.807, 2.05) is 0 Å². The topological polar surface area (TPSA) is 76.1 Å². The van der Waals surface area contributed by atoms with Crippen molar-refractivity contribution in [3.8, 4) is 0 Å². The number of alkyl halides is 6. The van der Waals surface area contributed by atoms with Crippen molar-refractivity contribution < 1.29 is 39.6 Å². The van der Waals surface area contributed by atoms with Gasteiger partial charge >= 0.3 is 12.4 Å². The number of aromatic nitrogens is 1. The molecule has 1 heterocycles. The second-order valence-corrected chi connectivity index (χ2v) is 9.48. The standard InChI is InChI=1S/C18H16F6N2O3S/c1-16(2,30(28,29)13-5-3-4-12(9-13)17(19,20)21)10-26-15(27)11-6-7-25-14(8-11)18(22,23)24/h3-9H,10H2,1-2H3,(H,26,27). The summed E-state index contributed by atoms with van der Waals surface area (Å²) in [6.07, 6.45) is -8.74. The first kappa shape index (κ1) is 23.6. The highest BCUT2D eigenvalue weighted by Crippen LogP contribution is 2.33. The summed E-state index contributed by atoms with van der Waals surface area (Å²) in [7, 11) is -4.34. The van der Waals surface area contributed by atoms with Crippen molar-refractivity contribution in [3.05, 3.63) is 59.4 Å². The van der Waals surface area contributed by atoms with Crippen LogP contribution >= 0.6 is 0 Å². The summed E-state index contributed by atoms with van der Waals surface area (Å²) in [6, 6.07) is 4.65. The van der Waals surface area contributed by atoms with Crippen LogP contribution in [0.5, 0.6) is 0 Å². The first-order chi connectivity index (χ1) is 13.6. The van der Waals surface area contributed by atoms with E-state index in [1.54, 1.807) is 0 Å². The fraction of sp³-hybridized carbons (Fsp3) is 0.333. The number of sulfone groups is 1. The first-order valence-corrected chi connectivity index (χ1v) is 9.77. The summed E-state index contributed by atoms with van der Waals surface area (Å²) in [5.74, 6) is -0.991. The van der Waals surface area contributed by atoms with Crippen molar-refractivity contribution in [2.75, 3.05) is 6.54 Å². The van der Waals surface area contributed by atoms with E-state index in [-0.39, 0.29) is 0 Å². The zero-order chi connectivity index (χ0) is 23.0. The van der Waals surface area contributed by atoms with Crippen LogP contribution in [0.1, 0.15) is 35.5 Å². The molecule has 0 fully saturated rings. The Kier molecular flexibility index (Phi) is 6.22. The monoisotopic (exact) mass is 454 g/mol. The van der Waals surface area contributed by atoms with E-state index in [9.17, 15) is 39.6 Å². The number of pyridine rings is 1. The van der Waals surface area contributed by atoms with Gasteiger partial charge in [-0.25, -0.2) is 8.42 Å². The third-order valence-corrected chi connectivity index (χ3v) is 6.66. The molecule has 0 aliphatic heterocycles. The van der Waals surface area contributed by atoms with Gasteiger partial charge in [0.05, 0.1) is 15.2 Å². The van der Waals surface area contributed by atoms with E-state index >= 15 is 0 Å². The smallest absolute Gasteiger partial charge is 0.350 e. The van der Waals surface area contributed by atoms with E-state index in [4.69, 9.17) is 0 Å². The lowest BCUT2D eigenvalue weighted by Crippen LogP contribution is -2.44. The van der Waals surface area contributed by atoms with Gasteiger partial charge < -0.3 is 5.32 Å². The summed E-state index contributed by atoms with van der Waals surface area (Å²) >= 11 is 0. The molecule has 0 bridgehead atoms. The Hall–Kier alpha value is -2.63. The number of rotatable bonds is 5. The quantitative estimate of drug-likeness (QED) is 0.691. The first-order valence-electron chi connectivity index (χ1n) is 8.29. The molecule has 1 amide bonds. The number of carbonyl (C=O) groups is 1. The summed E-state index contributed by atoms with van der Waals surface area (Å²) in [5.41, 5.74) is -2.85. The predicted molar refractivity (Wildman–Crippen MR) is 94.3 cm³/mol. The lowest BCUT2D eigenvalue weighted by atomic mass is 10.1. The van der Waals surface area contributed by atoms with Gasteiger partial charge in [-0.05, 0) is 44.2 Å². The Morgan fingerprint density at radius 1 is 1.00 bits per heavy atom. The van der Waals surface area contributed by atoms with Crippen LogP contribution in [-0.4, -0.2) is 30.6 Å². The minimum atomic E-state index is -4.78. The molecule has 0 aliphatic carbocycles. The minimum Gasteiger partial charge on any atom is -0.350 e. The second-order valence-electron chi connectivity index (χ2n) is 6.90. The van der Waals surface area contributed by atoms with Gasteiger partial charge in [0.15, 0.2) is 9.84 Å². The van der Waals surface area contributed by atoms with Gasteiger partial charge in [-0.15, -0.1) is 0 Å². The van der Waals surface area contributed by atoms with Crippen LogP contribution in [0.4, 0.5) is 26.3 Å². The van der Waals surface area contributed by atoms with E-state index in [0.29, 0.717) is 12.1 Å². The molecule has 0 aliphatic rings. The van der Waals surface area contributed by atoms with Crippen molar-refractivity contribution >= 4 is 15.7 Å². The zero-order valence-corrected chi connectivity index (χ0v) is 16.4. The largest absolute Gasteiger partial charge is 0.433 e. The van der Waals surface area contributed by atoms with Crippen molar-refractivity contribution in [3.63, 3.8) is 0 Å². The molecule has 0 saturated heterocycles. The molecule has 30 heavy (non-hydrogen) atoms. The molecule has 164 valence electrons. The molecular weight excluding hydrogens is 438 g/mol. The highest BCUT2D eigenvalue weighted by atomic mass is 32.2. The molecule has 0 radical (unpaired) electrons. The molecule has 2 aromatic rings. The summed E-state index contributed by atoms with van der Waals surface area (Å²) in [6.45, 7) is 1.79. The average Bonchev–Trinajstić information content (AvgIpc) is 2.65. The third-order valence-electron chi connectivity index (χ3n) is 4.19. The van der Waals surface area contributed by atoms with Crippen LogP contribution in [0.2, 0.25) is 0 Å². The van der Waals surface area contributed by atoms with Gasteiger partial charge in [0, 0.05) is 18.3 Å². The Labute approximate surface area is 168 Å². The maximum absolute atomic E-state index is 12.9. The molecule has 1 aromatic carbocycles. The van der Waals surface area contributed by atoms with Crippen LogP contribution < -0.4 is 5.32 Å². The van der Waals surface area contributed by atoms with Gasteiger partial charge in [0.2, 0.25) is 0 Å². The lowest BCUT2D eigenvalue weighted by Gasteiger charge is -2.25. The lowest BCUT2D eigenvalue weighted by molar-refractivity contribution is -0.141. The molecule has 2 rings (SSSR count). The predicted octanol–water partition coefficient (Wildman–Crippen LogP) is 4.10. The van der Waals surface area contributed by atoms with Crippen LogP contribution in [0.25, 0.3) is 0 Å². The Balaban J connectivity index is 2.23. The molecule has 0 spiro atoms. The van der Waals surface area contributed by atoms with E-state index in [0.717, 1.165) is 30.5 Å². The van der Waals surface area contributed by atoms with Gasteiger partial charge in [-0.1, -0.05) is 6.07 Å². The molecule has 0 saturated carbocycles. The zero-order valence-electron chi connectivity index (χ0n) is 15.6. The third kappa shape index (κ3) is 5.10. The minimum absolute atomic E-state index is 0.399. The molecule has 0 unspecified atom stereocenters. The maximum Gasteiger partial charge on any atom is 0.433 e. The highest BCUT2D eigenvalue weighted by Gasteiger charge is 2.38. The molecule has 0 atom stereocenters. The average molecular weight is 454 g/mol. The summed E-state index contributed by atoms with van der Waals surface area (Å²) < 4.78 is 101. The van der Waals surface area contributed by atoms with E-state index < -0.39 is 61.1 Å². The second kappa shape index (κ2) is 7.89. The molecule has 12 heteroatoms. The number of hydrogen-bond donors (Lipinski definition) is 1. The number of benzene rings is 1. The summed E-state index contributed by atoms with van der Waals surface area (Å²) in [5, 5.41) is 2.20. The number of carbonyl (C=O) groups excluding carboxylic acids is 1. The Morgan fingerprint density at radius 3 is 2.20 bits per heavy atom. The number of nitrogens with zero attached hydrogens (tertiary/aromatic N) is 1. The fourth-order valence-electron chi connectivity index (χ4n) is 2.38. The number of nitrogens with one attached hydrogen (secondary N) is 1. The van der Waals surface area contributed by atoms with E-state index in [2.05, 4.69) is 10.3 Å². The van der Waals surface area contributed by atoms with Gasteiger partial charge in [0.1, 0.15) is 5.69 Å². The van der Waals surface area contributed by atoms with Crippen molar-refractivity contribution in [1.82, 2.24) is 10.3 Å². The molecule has 1 aromatic heterocycles. The maximum atomic E-state index is 12.9. The van der Waals surface area contributed by atoms with Gasteiger partial charge in [0.25, 0.3) is 5.91 Å². The normalized spacial score (nSPS) is 13.2. The molecular formula is C18H16F6N2O3S. The molecule has 5 nitrogen and oxygen atoms in total. The van der Waals surface area contributed by atoms with Crippen LogP contribution in [0.3, 0.4) is 0 Å².